The smallest absolute Gasteiger partial charge is 0.143 e. The highest BCUT2D eigenvalue weighted by atomic mass is 79.9. The molecule has 0 aliphatic heterocycles. The summed E-state index contributed by atoms with van der Waals surface area (Å²) in [6.07, 6.45) is 0.0935. The van der Waals surface area contributed by atoms with Crippen LogP contribution in [0, 0.1) is 11.6 Å². The molecule has 0 bridgehead atoms. The van der Waals surface area contributed by atoms with E-state index >= 15 is 0 Å². The normalized spacial score (nSPS) is 12.4. The largest absolute Gasteiger partial charge is 0.396 e. The van der Waals surface area contributed by atoms with Crippen molar-refractivity contribution in [2.24, 2.45) is 0 Å². The van der Waals surface area contributed by atoms with Crippen molar-refractivity contribution in [1.29, 1.82) is 0 Å². The summed E-state index contributed by atoms with van der Waals surface area (Å²) in [5.74, 6) is -1.59. The van der Waals surface area contributed by atoms with Crippen LogP contribution in [-0.4, -0.2) is 11.7 Å². The fourth-order valence-corrected chi connectivity index (χ4v) is 3.06. The first-order valence-corrected chi connectivity index (χ1v) is 7.60. The van der Waals surface area contributed by atoms with E-state index in [9.17, 15) is 13.9 Å². The van der Waals surface area contributed by atoms with Gasteiger partial charge in [0.1, 0.15) is 11.6 Å². The van der Waals surface area contributed by atoms with Crippen molar-refractivity contribution in [3.63, 3.8) is 0 Å². The molecule has 0 saturated carbocycles. The lowest BCUT2D eigenvalue weighted by Crippen LogP contribution is -2.11. The van der Waals surface area contributed by atoms with E-state index < -0.39 is 11.6 Å². The topological polar surface area (TPSA) is 20.2 Å². The molecule has 2 aromatic carbocycles. The molecular formula is C15H12Br2F2O. The first kappa shape index (κ1) is 15.6. The quantitative estimate of drug-likeness (QED) is 0.723. The fraction of sp³-hybridized carbons (Fsp3) is 0.200. The fourth-order valence-electron chi connectivity index (χ4n) is 2.08. The minimum Gasteiger partial charge on any atom is -0.396 e. The molecular weight excluding hydrogens is 394 g/mol. The number of hydrogen-bond acceptors (Lipinski definition) is 1. The van der Waals surface area contributed by atoms with Gasteiger partial charge in [0.25, 0.3) is 0 Å². The maximum atomic E-state index is 14.0. The molecule has 106 valence electrons. The Balaban J connectivity index is 2.37. The van der Waals surface area contributed by atoms with E-state index in [1.165, 1.54) is 12.1 Å². The number of aliphatic hydroxyl groups excluding tert-OH is 1. The Labute approximate surface area is 132 Å². The average Bonchev–Trinajstić information content (AvgIpc) is 2.45. The van der Waals surface area contributed by atoms with Crippen molar-refractivity contribution < 1.29 is 13.9 Å². The van der Waals surface area contributed by atoms with Crippen molar-refractivity contribution in [2.45, 2.75) is 12.3 Å². The van der Waals surface area contributed by atoms with Crippen molar-refractivity contribution in [3.8, 4) is 0 Å². The minimum absolute atomic E-state index is 0.0193. The number of rotatable bonds is 4. The molecule has 0 saturated heterocycles. The van der Waals surface area contributed by atoms with Crippen molar-refractivity contribution in [3.05, 3.63) is 68.1 Å². The van der Waals surface area contributed by atoms with Gasteiger partial charge in [-0.25, -0.2) is 8.78 Å². The maximum Gasteiger partial charge on any atom is 0.143 e. The van der Waals surface area contributed by atoms with Crippen LogP contribution in [0.4, 0.5) is 8.78 Å². The molecule has 20 heavy (non-hydrogen) atoms. The Morgan fingerprint density at radius 2 is 1.70 bits per heavy atom. The summed E-state index contributed by atoms with van der Waals surface area (Å²) in [5, 5.41) is 9.54. The van der Waals surface area contributed by atoms with E-state index in [1.807, 2.05) is 24.3 Å². The summed E-state index contributed by atoms with van der Waals surface area (Å²) >= 11 is 6.44. The van der Waals surface area contributed by atoms with Crippen molar-refractivity contribution in [1.82, 2.24) is 0 Å². The van der Waals surface area contributed by atoms with Crippen LogP contribution in [0.5, 0.6) is 0 Å². The zero-order valence-electron chi connectivity index (χ0n) is 10.4. The molecule has 0 amide bonds. The predicted molar refractivity (Wildman–Crippen MR) is 81.7 cm³/mol. The molecule has 2 aromatic rings. The lowest BCUT2D eigenvalue weighted by molar-refractivity contribution is 0.262. The van der Waals surface area contributed by atoms with Gasteiger partial charge in [-0.2, -0.15) is 0 Å². The number of halogens is 4. The number of aliphatic hydroxyl groups is 1. The second kappa shape index (κ2) is 6.78. The Kier molecular flexibility index (Phi) is 5.29. The average molecular weight is 406 g/mol. The van der Waals surface area contributed by atoms with Crippen LogP contribution in [0.25, 0.3) is 0 Å². The molecule has 5 heteroatoms. The molecule has 1 unspecified atom stereocenters. The molecule has 2 rings (SSSR count). The van der Waals surface area contributed by atoms with Gasteiger partial charge in [0.15, 0.2) is 0 Å². The van der Waals surface area contributed by atoms with Crippen LogP contribution in [0.2, 0.25) is 0 Å². The third-order valence-corrected chi connectivity index (χ3v) is 4.49. The SMILES string of the molecule is OCC(Cc1c(F)ccc(Br)c1F)c1ccccc1Br. The Morgan fingerprint density at radius 1 is 1.00 bits per heavy atom. The van der Waals surface area contributed by atoms with Gasteiger partial charge in [0, 0.05) is 16.0 Å². The monoisotopic (exact) mass is 404 g/mol. The first-order chi connectivity index (χ1) is 9.54. The van der Waals surface area contributed by atoms with E-state index in [-0.39, 0.29) is 29.0 Å². The molecule has 0 aliphatic carbocycles. The Hall–Kier alpha value is -0.780. The molecule has 0 radical (unpaired) electrons. The minimum atomic E-state index is -0.615. The van der Waals surface area contributed by atoms with Crippen LogP contribution >= 0.6 is 31.9 Å². The standard InChI is InChI=1S/C15H12Br2F2O/c16-12-4-2-1-3-10(12)9(8-20)7-11-14(18)6-5-13(17)15(11)19/h1-6,9,20H,7-8H2. The zero-order valence-corrected chi connectivity index (χ0v) is 13.6. The van der Waals surface area contributed by atoms with E-state index in [4.69, 9.17) is 0 Å². The highest BCUT2D eigenvalue weighted by Gasteiger charge is 2.20. The second-order valence-corrected chi connectivity index (χ2v) is 6.14. The van der Waals surface area contributed by atoms with Crippen molar-refractivity contribution in [2.75, 3.05) is 6.61 Å². The van der Waals surface area contributed by atoms with Gasteiger partial charge in [-0.3, -0.25) is 0 Å². The van der Waals surface area contributed by atoms with E-state index in [0.29, 0.717) is 0 Å². The zero-order chi connectivity index (χ0) is 14.7. The van der Waals surface area contributed by atoms with Crippen LogP contribution in [0.3, 0.4) is 0 Å². The molecule has 0 spiro atoms. The number of hydrogen-bond donors (Lipinski definition) is 1. The van der Waals surface area contributed by atoms with Crippen molar-refractivity contribution >= 4 is 31.9 Å². The lowest BCUT2D eigenvalue weighted by atomic mass is 9.92. The molecule has 1 N–H and O–H groups in total. The van der Waals surface area contributed by atoms with Gasteiger partial charge in [0.05, 0.1) is 11.1 Å². The Bertz CT molecular complexity index is 617. The van der Waals surface area contributed by atoms with Crippen LogP contribution in [-0.2, 0) is 6.42 Å². The maximum absolute atomic E-state index is 14.0. The highest BCUT2D eigenvalue weighted by molar-refractivity contribution is 9.10. The van der Waals surface area contributed by atoms with Gasteiger partial charge in [-0.15, -0.1) is 0 Å². The lowest BCUT2D eigenvalue weighted by Gasteiger charge is -2.17. The first-order valence-electron chi connectivity index (χ1n) is 6.02. The van der Waals surface area contributed by atoms with E-state index in [1.54, 1.807) is 0 Å². The highest BCUT2D eigenvalue weighted by Crippen LogP contribution is 2.30. The summed E-state index contributed by atoms with van der Waals surface area (Å²) in [7, 11) is 0. The summed E-state index contributed by atoms with van der Waals surface area (Å²) < 4.78 is 28.8. The molecule has 1 nitrogen and oxygen atoms in total. The molecule has 0 fully saturated rings. The van der Waals surface area contributed by atoms with Crippen LogP contribution < -0.4 is 0 Å². The third kappa shape index (κ3) is 3.27. The summed E-state index contributed by atoms with van der Waals surface area (Å²) in [4.78, 5) is 0. The second-order valence-electron chi connectivity index (χ2n) is 4.43. The van der Waals surface area contributed by atoms with E-state index in [0.717, 1.165) is 10.0 Å². The van der Waals surface area contributed by atoms with Gasteiger partial charge in [-0.1, -0.05) is 34.1 Å². The molecule has 0 aliphatic rings. The van der Waals surface area contributed by atoms with Gasteiger partial charge in [0.2, 0.25) is 0 Å². The Morgan fingerprint density at radius 3 is 2.35 bits per heavy atom. The molecule has 1 atom stereocenters. The predicted octanol–water partition coefficient (Wildman–Crippen LogP) is 4.81. The van der Waals surface area contributed by atoms with Gasteiger partial charge < -0.3 is 5.11 Å². The molecule has 0 heterocycles. The third-order valence-electron chi connectivity index (χ3n) is 3.15. The van der Waals surface area contributed by atoms with Gasteiger partial charge >= 0.3 is 0 Å². The van der Waals surface area contributed by atoms with Crippen LogP contribution in [0.1, 0.15) is 17.0 Å². The van der Waals surface area contributed by atoms with Gasteiger partial charge in [-0.05, 0) is 46.1 Å². The van der Waals surface area contributed by atoms with E-state index in [2.05, 4.69) is 31.9 Å². The summed E-state index contributed by atoms with van der Waals surface area (Å²) in [6, 6.07) is 9.90. The summed E-state index contributed by atoms with van der Waals surface area (Å²) in [6.45, 7) is -0.187. The summed E-state index contributed by atoms with van der Waals surface area (Å²) in [5.41, 5.74) is 0.808. The molecule has 0 aromatic heterocycles. The van der Waals surface area contributed by atoms with Crippen LogP contribution in [0.15, 0.2) is 45.3 Å². The number of benzene rings is 2.